The molecule has 0 radical (unpaired) electrons. The number of rotatable bonds is 6. The van der Waals surface area contributed by atoms with Crippen molar-refractivity contribution in [3.63, 3.8) is 0 Å². The predicted molar refractivity (Wildman–Crippen MR) is 69.4 cm³/mol. The minimum atomic E-state index is -3.75. The molecule has 2 N–H and O–H groups in total. The number of hydrogen-bond donors (Lipinski definition) is 2. The van der Waals surface area contributed by atoms with E-state index in [2.05, 4.69) is 31.0 Å². The first-order valence-electron chi connectivity index (χ1n) is 5.53. The van der Waals surface area contributed by atoms with Crippen molar-refractivity contribution in [2.24, 2.45) is 7.05 Å². The normalized spacial score (nSPS) is 12.9. The summed E-state index contributed by atoms with van der Waals surface area (Å²) in [5.41, 5.74) is -1.04. The summed E-state index contributed by atoms with van der Waals surface area (Å²) in [7, 11) is -2.27. The van der Waals surface area contributed by atoms with Gasteiger partial charge in [-0.1, -0.05) is 19.1 Å². The highest BCUT2D eigenvalue weighted by atomic mass is 79.9. The van der Waals surface area contributed by atoms with Crippen molar-refractivity contribution in [3.8, 4) is 0 Å². The molecule has 1 aromatic rings. The Morgan fingerprint density at radius 1 is 1.44 bits per heavy atom. The van der Waals surface area contributed by atoms with Crippen molar-refractivity contribution in [1.82, 2.24) is 19.7 Å². The number of halogens is 1. The lowest BCUT2D eigenvalue weighted by Gasteiger charge is -2.25. The first kappa shape index (κ1) is 15.5. The van der Waals surface area contributed by atoms with Crippen LogP contribution >= 0.6 is 15.9 Å². The highest BCUT2D eigenvalue weighted by Crippen LogP contribution is 2.19. The second-order valence-electron chi connectivity index (χ2n) is 4.07. The van der Waals surface area contributed by atoms with Gasteiger partial charge in [0.05, 0.1) is 5.60 Å². The maximum absolute atomic E-state index is 12.1. The number of aryl methyl sites for hydroxylation is 1. The van der Waals surface area contributed by atoms with Crippen LogP contribution in [0.4, 0.5) is 0 Å². The number of sulfonamides is 1. The molecule has 1 rings (SSSR count). The fraction of sp³-hybridized carbons (Fsp3) is 0.778. The summed E-state index contributed by atoms with van der Waals surface area (Å²) in [4.78, 5) is 0. The molecule has 0 spiro atoms. The molecule has 1 aromatic heterocycles. The van der Waals surface area contributed by atoms with Gasteiger partial charge in [0.25, 0.3) is 10.0 Å². The van der Waals surface area contributed by atoms with Crippen molar-refractivity contribution >= 4 is 26.0 Å². The Morgan fingerprint density at radius 2 is 2.00 bits per heavy atom. The third-order valence-corrected chi connectivity index (χ3v) is 5.19. The molecule has 7 nitrogen and oxygen atoms in total. The van der Waals surface area contributed by atoms with Crippen LogP contribution < -0.4 is 4.72 Å². The molecule has 0 aliphatic rings. The standard InChI is InChI=1S/C9H17BrN4O3S/c1-4-9(15,5-2)6-11-18(16,17)8-7(10)12-13-14(8)3/h11,15H,4-6H2,1-3H3. The lowest BCUT2D eigenvalue weighted by Crippen LogP contribution is -2.42. The zero-order valence-corrected chi connectivity index (χ0v) is 12.9. The predicted octanol–water partition coefficient (Wildman–Crippen LogP) is 0.407. The third-order valence-electron chi connectivity index (χ3n) is 2.90. The molecule has 0 aliphatic carbocycles. The van der Waals surface area contributed by atoms with E-state index < -0.39 is 15.6 Å². The second kappa shape index (κ2) is 5.64. The summed E-state index contributed by atoms with van der Waals surface area (Å²) in [6.07, 6.45) is 0.938. The fourth-order valence-electron chi connectivity index (χ4n) is 1.41. The molecule has 0 saturated carbocycles. The zero-order chi connectivity index (χ0) is 14.0. The van der Waals surface area contributed by atoms with E-state index in [1.807, 2.05) is 0 Å². The average molecular weight is 341 g/mol. The van der Waals surface area contributed by atoms with Gasteiger partial charge in [0, 0.05) is 13.6 Å². The van der Waals surface area contributed by atoms with Gasteiger partial charge in [-0.2, -0.15) is 0 Å². The SMILES string of the molecule is CCC(O)(CC)CNS(=O)(=O)c1c(Br)nnn1C. The third kappa shape index (κ3) is 3.28. The van der Waals surface area contributed by atoms with E-state index >= 15 is 0 Å². The monoisotopic (exact) mass is 340 g/mol. The van der Waals surface area contributed by atoms with E-state index in [4.69, 9.17) is 0 Å². The number of aromatic nitrogens is 3. The van der Waals surface area contributed by atoms with E-state index in [9.17, 15) is 13.5 Å². The maximum Gasteiger partial charge on any atom is 0.260 e. The van der Waals surface area contributed by atoms with Crippen molar-refractivity contribution in [1.29, 1.82) is 0 Å². The van der Waals surface area contributed by atoms with Gasteiger partial charge in [-0.05, 0) is 28.8 Å². The van der Waals surface area contributed by atoms with Crippen LogP contribution in [0, 0.1) is 0 Å². The quantitative estimate of drug-likeness (QED) is 0.781. The topological polar surface area (TPSA) is 97.1 Å². The molecule has 0 fully saturated rings. The summed E-state index contributed by atoms with van der Waals surface area (Å²) in [5.74, 6) is 0. The van der Waals surface area contributed by atoms with Gasteiger partial charge in [0.15, 0.2) is 4.60 Å². The van der Waals surface area contributed by atoms with E-state index in [-0.39, 0.29) is 16.2 Å². The molecule has 0 amide bonds. The van der Waals surface area contributed by atoms with E-state index in [1.165, 1.54) is 7.05 Å². The molecule has 0 aliphatic heterocycles. The molecule has 0 atom stereocenters. The molecule has 104 valence electrons. The number of hydrogen-bond acceptors (Lipinski definition) is 5. The highest BCUT2D eigenvalue weighted by Gasteiger charge is 2.28. The highest BCUT2D eigenvalue weighted by molar-refractivity contribution is 9.10. The van der Waals surface area contributed by atoms with E-state index in [0.717, 1.165) is 4.68 Å². The van der Waals surface area contributed by atoms with Crippen LogP contribution in [0.15, 0.2) is 9.63 Å². The largest absolute Gasteiger partial charge is 0.389 e. The molecular weight excluding hydrogens is 324 g/mol. The van der Waals surface area contributed by atoms with Crippen LogP contribution in [0.1, 0.15) is 26.7 Å². The second-order valence-corrected chi connectivity index (χ2v) is 6.50. The van der Waals surface area contributed by atoms with E-state index in [1.54, 1.807) is 13.8 Å². The minimum Gasteiger partial charge on any atom is -0.389 e. The zero-order valence-electron chi connectivity index (χ0n) is 10.5. The Bertz CT molecular complexity index is 490. The van der Waals surface area contributed by atoms with Crippen molar-refractivity contribution in [2.75, 3.05) is 6.54 Å². The van der Waals surface area contributed by atoms with Crippen molar-refractivity contribution in [3.05, 3.63) is 4.60 Å². The van der Waals surface area contributed by atoms with Crippen LogP contribution in [0.25, 0.3) is 0 Å². The van der Waals surface area contributed by atoms with Gasteiger partial charge in [0.1, 0.15) is 0 Å². The van der Waals surface area contributed by atoms with Gasteiger partial charge < -0.3 is 5.11 Å². The Hall–Kier alpha value is -0.510. The summed E-state index contributed by atoms with van der Waals surface area (Å²) in [6, 6.07) is 0. The molecule has 1 heterocycles. The molecule has 9 heteroatoms. The van der Waals surface area contributed by atoms with E-state index in [0.29, 0.717) is 12.8 Å². The van der Waals surface area contributed by atoms with Crippen LogP contribution in [-0.2, 0) is 17.1 Å². The van der Waals surface area contributed by atoms with Crippen LogP contribution in [0.5, 0.6) is 0 Å². The number of nitrogens with one attached hydrogen (secondary N) is 1. The lowest BCUT2D eigenvalue weighted by atomic mass is 9.98. The average Bonchev–Trinajstić information content (AvgIpc) is 2.67. The molecule has 18 heavy (non-hydrogen) atoms. The van der Waals surface area contributed by atoms with Gasteiger partial charge in [0.2, 0.25) is 5.03 Å². The smallest absolute Gasteiger partial charge is 0.260 e. The van der Waals surface area contributed by atoms with Gasteiger partial charge >= 0.3 is 0 Å². The minimum absolute atomic E-state index is 0.0417. The van der Waals surface area contributed by atoms with Crippen molar-refractivity contribution in [2.45, 2.75) is 37.3 Å². The lowest BCUT2D eigenvalue weighted by molar-refractivity contribution is 0.0377. The van der Waals surface area contributed by atoms with Gasteiger partial charge in [-0.25, -0.2) is 17.8 Å². The Morgan fingerprint density at radius 3 is 2.39 bits per heavy atom. The number of nitrogens with zero attached hydrogens (tertiary/aromatic N) is 3. The first-order chi connectivity index (χ1) is 8.25. The molecule has 0 saturated heterocycles. The molecule has 0 unspecified atom stereocenters. The number of aliphatic hydroxyl groups is 1. The summed E-state index contributed by atoms with van der Waals surface area (Å²) < 4.78 is 27.8. The van der Waals surface area contributed by atoms with Crippen LogP contribution in [0.2, 0.25) is 0 Å². The van der Waals surface area contributed by atoms with Crippen LogP contribution in [-0.4, -0.2) is 40.7 Å². The van der Waals surface area contributed by atoms with Crippen molar-refractivity contribution < 1.29 is 13.5 Å². The fourth-order valence-corrected chi connectivity index (χ4v) is 3.61. The first-order valence-corrected chi connectivity index (χ1v) is 7.80. The molecule has 0 aromatic carbocycles. The van der Waals surface area contributed by atoms with Gasteiger partial charge in [-0.15, -0.1) is 5.10 Å². The molecule has 0 bridgehead atoms. The summed E-state index contributed by atoms with van der Waals surface area (Å²) in [5, 5.41) is 17.2. The summed E-state index contributed by atoms with van der Waals surface area (Å²) >= 11 is 3.03. The maximum atomic E-state index is 12.1. The Balaban J connectivity index is 2.91. The Kier molecular flexibility index (Phi) is 4.87. The van der Waals surface area contributed by atoms with Crippen LogP contribution in [0.3, 0.4) is 0 Å². The Labute approximate surface area is 115 Å². The summed E-state index contributed by atoms with van der Waals surface area (Å²) in [6.45, 7) is 3.57. The molecular formula is C9H17BrN4O3S. The van der Waals surface area contributed by atoms with Gasteiger partial charge in [-0.3, -0.25) is 0 Å².